The summed E-state index contributed by atoms with van der Waals surface area (Å²) in [5.41, 5.74) is 0. The van der Waals surface area contributed by atoms with Crippen molar-refractivity contribution in [2.24, 2.45) is 11.8 Å². The summed E-state index contributed by atoms with van der Waals surface area (Å²) in [4.78, 5) is 0. The molecule has 1 N–H and O–H groups in total. The van der Waals surface area contributed by atoms with E-state index in [-0.39, 0.29) is 5.09 Å². The van der Waals surface area contributed by atoms with E-state index >= 15 is 0 Å². The Hall–Kier alpha value is -0.850. The first-order valence-electron chi connectivity index (χ1n) is 7.91. The summed E-state index contributed by atoms with van der Waals surface area (Å²) < 4.78 is 32.4. The summed E-state index contributed by atoms with van der Waals surface area (Å²) in [5.74, 6) is 1.79. The largest absolute Gasteiger partial charge is 0.447 e. The van der Waals surface area contributed by atoms with Crippen LogP contribution in [0.25, 0.3) is 0 Å². The third-order valence-electron chi connectivity index (χ3n) is 4.65. The van der Waals surface area contributed by atoms with Crippen LogP contribution >= 0.6 is 0 Å². The first-order valence-corrected chi connectivity index (χ1v) is 9.35. The summed E-state index contributed by atoms with van der Waals surface area (Å²) >= 11 is 0. The van der Waals surface area contributed by atoms with Crippen LogP contribution in [0.2, 0.25) is 0 Å². The quantitative estimate of drug-likeness (QED) is 0.818. The molecule has 1 aliphatic carbocycles. The Labute approximate surface area is 126 Å². The molecule has 1 aromatic heterocycles. The second kappa shape index (κ2) is 6.10. The van der Waals surface area contributed by atoms with Gasteiger partial charge < -0.3 is 9.73 Å². The molecule has 2 atom stereocenters. The zero-order chi connectivity index (χ0) is 14.9. The van der Waals surface area contributed by atoms with Gasteiger partial charge in [0.15, 0.2) is 0 Å². The predicted molar refractivity (Wildman–Crippen MR) is 80.3 cm³/mol. The molecule has 3 rings (SSSR count). The number of furan rings is 1. The molecule has 2 unspecified atom stereocenters. The van der Waals surface area contributed by atoms with Gasteiger partial charge in [0.25, 0.3) is 10.0 Å². The summed E-state index contributed by atoms with van der Waals surface area (Å²) in [6.45, 7) is 4.90. The average molecular weight is 312 g/mol. The number of sulfonamides is 1. The lowest BCUT2D eigenvalue weighted by Crippen LogP contribution is -2.29. The monoisotopic (exact) mass is 312 g/mol. The minimum Gasteiger partial charge on any atom is -0.447 e. The molecule has 0 amide bonds. The summed E-state index contributed by atoms with van der Waals surface area (Å²) in [5, 5.41) is 3.31. The number of nitrogens with one attached hydrogen (secondary N) is 1. The van der Waals surface area contributed by atoms with Crippen LogP contribution in [0.5, 0.6) is 0 Å². The number of nitrogens with zero attached hydrogens (tertiary/aromatic N) is 1. The maximum Gasteiger partial charge on any atom is 0.276 e. The van der Waals surface area contributed by atoms with Gasteiger partial charge in [-0.3, -0.25) is 0 Å². The molecule has 2 aliphatic rings. The van der Waals surface area contributed by atoms with E-state index in [1.807, 2.05) is 0 Å². The number of hydrogen-bond acceptors (Lipinski definition) is 4. The first kappa shape index (κ1) is 15.1. The summed E-state index contributed by atoms with van der Waals surface area (Å²) in [6.07, 6.45) is 4.63. The van der Waals surface area contributed by atoms with Gasteiger partial charge in [-0.1, -0.05) is 13.3 Å². The minimum atomic E-state index is -3.45. The summed E-state index contributed by atoms with van der Waals surface area (Å²) in [7, 11) is -3.45. The van der Waals surface area contributed by atoms with Gasteiger partial charge in [0.2, 0.25) is 5.09 Å². The Morgan fingerprint density at radius 2 is 2.00 bits per heavy atom. The van der Waals surface area contributed by atoms with Crippen molar-refractivity contribution in [2.45, 2.75) is 44.2 Å². The zero-order valence-electron chi connectivity index (χ0n) is 12.5. The highest BCUT2D eigenvalue weighted by Crippen LogP contribution is 2.39. The highest BCUT2D eigenvalue weighted by molar-refractivity contribution is 7.89. The molecule has 1 saturated carbocycles. The molecule has 0 spiro atoms. The molecular weight excluding hydrogens is 288 g/mol. The molecule has 2 heterocycles. The Bertz CT molecular complexity index is 569. The lowest BCUT2D eigenvalue weighted by molar-refractivity contribution is 0.375. The van der Waals surface area contributed by atoms with Crippen LogP contribution in [0.15, 0.2) is 21.6 Å². The molecule has 0 bridgehead atoms. The zero-order valence-corrected chi connectivity index (χ0v) is 13.4. The Balaban J connectivity index is 1.67. The van der Waals surface area contributed by atoms with Gasteiger partial charge in [-0.25, -0.2) is 8.42 Å². The molecule has 0 aromatic carbocycles. The van der Waals surface area contributed by atoms with Crippen LogP contribution in [0.4, 0.5) is 0 Å². The second-order valence-electron chi connectivity index (χ2n) is 6.17. The van der Waals surface area contributed by atoms with Crippen molar-refractivity contribution < 1.29 is 12.8 Å². The van der Waals surface area contributed by atoms with Crippen molar-refractivity contribution in [1.29, 1.82) is 0 Å². The predicted octanol–water partition coefficient (Wildman–Crippen LogP) is 2.20. The topological polar surface area (TPSA) is 62.6 Å². The third-order valence-corrected chi connectivity index (χ3v) is 6.36. The third kappa shape index (κ3) is 3.03. The molecule has 2 fully saturated rings. The van der Waals surface area contributed by atoms with Crippen molar-refractivity contribution in [3.05, 3.63) is 17.9 Å². The fourth-order valence-electron chi connectivity index (χ4n) is 3.50. The Morgan fingerprint density at radius 1 is 1.29 bits per heavy atom. The SMILES string of the molecule is CCCNCc1ccc(S(=O)(=O)N2CC3CCCC3C2)o1. The molecular formula is C15H24N2O3S. The van der Waals surface area contributed by atoms with Gasteiger partial charge >= 0.3 is 0 Å². The molecule has 1 aliphatic heterocycles. The van der Waals surface area contributed by atoms with E-state index in [0.29, 0.717) is 37.2 Å². The van der Waals surface area contributed by atoms with Crippen LogP contribution in [-0.2, 0) is 16.6 Å². The van der Waals surface area contributed by atoms with Gasteiger partial charge in [-0.15, -0.1) is 0 Å². The van der Waals surface area contributed by atoms with Crippen molar-refractivity contribution in [2.75, 3.05) is 19.6 Å². The van der Waals surface area contributed by atoms with Crippen molar-refractivity contribution >= 4 is 10.0 Å². The number of fused-ring (bicyclic) bond motifs is 1. The van der Waals surface area contributed by atoms with E-state index in [1.54, 1.807) is 16.4 Å². The van der Waals surface area contributed by atoms with Crippen LogP contribution < -0.4 is 5.32 Å². The number of rotatable bonds is 6. The minimum absolute atomic E-state index is 0.0933. The van der Waals surface area contributed by atoms with Crippen LogP contribution in [0.3, 0.4) is 0 Å². The highest BCUT2D eigenvalue weighted by Gasteiger charge is 2.42. The van der Waals surface area contributed by atoms with Crippen molar-refractivity contribution in [3.63, 3.8) is 0 Å². The summed E-state index contributed by atoms with van der Waals surface area (Å²) in [6, 6.07) is 3.35. The highest BCUT2D eigenvalue weighted by atomic mass is 32.2. The van der Waals surface area contributed by atoms with E-state index in [0.717, 1.165) is 13.0 Å². The molecule has 1 aromatic rings. The van der Waals surface area contributed by atoms with Crippen LogP contribution in [0.1, 0.15) is 38.4 Å². The molecule has 118 valence electrons. The lowest BCUT2D eigenvalue weighted by atomic mass is 10.0. The van der Waals surface area contributed by atoms with E-state index in [2.05, 4.69) is 12.2 Å². The van der Waals surface area contributed by atoms with Gasteiger partial charge in [0.1, 0.15) is 5.76 Å². The average Bonchev–Trinajstić information content (AvgIpc) is 3.14. The van der Waals surface area contributed by atoms with Crippen molar-refractivity contribution in [3.8, 4) is 0 Å². The maximum atomic E-state index is 12.6. The van der Waals surface area contributed by atoms with Gasteiger partial charge in [-0.05, 0) is 49.8 Å². The van der Waals surface area contributed by atoms with Gasteiger partial charge in [0, 0.05) is 13.1 Å². The lowest BCUT2D eigenvalue weighted by Gasteiger charge is -2.15. The Morgan fingerprint density at radius 3 is 2.67 bits per heavy atom. The fraction of sp³-hybridized carbons (Fsp3) is 0.733. The van der Waals surface area contributed by atoms with Gasteiger partial charge in [-0.2, -0.15) is 4.31 Å². The van der Waals surface area contributed by atoms with Crippen LogP contribution in [0, 0.1) is 11.8 Å². The maximum absolute atomic E-state index is 12.6. The van der Waals surface area contributed by atoms with E-state index in [9.17, 15) is 8.42 Å². The van der Waals surface area contributed by atoms with E-state index < -0.39 is 10.0 Å². The second-order valence-corrected chi connectivity index (χ2v) is 8.04. The van der Waals surface area contributed by atoms with Crippen molar-refractivity contribution in [1.82, 2.24) is 9.62 Å². The van der Waals surface area contributed by atoms with E-state index in [4.69, 9.17) is 4.42 Å². The number of hydrogen-bond donors (Lipinski definition) is 1. The molecule has 5 nitrogen and oxygen atoms in total. The first-order chi connectivity index (χ1) is 10.1. The molecule has 21 heavy (non-hydrogen) atoms. The smallest absolute Gasteiger partial charge is 0.276 e. The molecule has 1 saturated heterocycles. The standard InChI is InChI=1S/C15H24N2O3S/c1-2-8-16-9-14-6-7-15(20-14)21(18,19)17-10-12-4-3-5-13(12)11-17/h6-7,12-13,16H,2-5,8-11H2,1H3. The van der Waals surface area contributed by atoms with Crippen LogP contribution in [-0.4, -0.2) is 32.4 Å². The Kier molecular flexibility index (Phi) is 4.38. The normalized spacial score (nSPS) is 26.3. The van der Waals surface area contributed by atoms with Gasteiger partial charge in [0.05, 0.1) is 6.54 Å². The molecule has 6 heteroatoms. The molecule has 0 radical (unpaired) electrons. The fourth-order valence-corrected chi connectivity index (χ4v) is 4.98. The van der Waals surface area contributed by atoms with E-state index in [1.165, 1.54) is 19.3 Å².